The van der Waals surface area contributed by atoms with Gasteiger partial charge in [-0.3, -0.25) is 0 Å². The van der Waals surface area contributed by atoms with Crippen molar-refractivity contribution < 1.29 is 50.3 Å². The van der Waals surface area contributed by atoms with Gasteiger partial charge in [0.1, 0.15) is 35.2 Å². The molecule has 5 atom stereocenters. The number of phenols is 6. The van der Waals surface area contributed by atoms with Gasteiger partial charge in [0.25, 0.3) is 0 Å². The van der Waals surface area contributed by atoms with E-state index < -0.39 is 41.8 Å². The maximum atomic E-state index is 11.7. The van der Waals surface area contributed by atoms with Crippen molar-refractivity contribution in [2.24, 2.45) is 0 Å². The van der Waals surface area contributed by atoms with Crippen LogP contribution in [0.1, 0.15) is 45.9 Å². The third-order valence-electron chi connectivity index (χ3n) is 7.51. The van der Waals surface area contributed by atoms with E-state index in [9.17, 15) is 40.9 Å². The van der Waals surface area contributed by atoms with Crippen LogP contribution in [0.25, 0.3) is 0 Å². The van der Waals surface area contributed by atoms with Gasteiger partial charge in [0.2, 0.25) is 0 Å². The number of ether oxygens (including phenoxy) is 2. The van der Waals surface area contributed by atoms with Crippen LogP contribution in [-0.4, -0.2) is 53.1 Å². The number of aliphatic hydroxyl groups is 2. The molecule has 0 fully saturated rings. The Kier molecular flexibility index (Phi) is 6.01. The summed E-state index contributed by atoms with van der Waals surface area (Å²) < 4.78 is 12.5. The first-order chi connectivity index (χ1) is 19.1. The van der Waals surface area contributed by atoms with Gasteiger partial charge in [-0.2, -0.15) is 0 Å². The summed E-state index contributed by atoms with van der Waals surface area (Å²) in [6.07, 6.45) is -4.41. The zero-order valence-corrected chi connectivity index (χ0v) is 20.8. The summed E-state index contributed by atoms with van der Waals surface area (Å²) in [7, 11) is 0. The molecule has 206 valence electrons. The number of para-hydroxylation sites is 1. The summed E-state index contributed by atoms with van der Waals surface area (Å²) in [5, 5.41) is 83.9. The van der Waals surface area contributed by atoms with Crippen LogP contribution < -0.4 is 9.47 Å². The van der Waals surface area contributed by atoms with Gasteiger partial charge in [0, 0.05) is 35.1 Å². The number of aromatic hydroxyl groups is 6. The van der Waals surface area contributed by atoms with E-state index in [1.807, 2.05) is 0 Å². The van der Waals surface area contributed by atoms with Crippen LogP contribution in [-0.2, 0) is 6.42 Å². The van der Waals surface area contributed by atoms with Crippen molar-refractivity contribution in [3.63, 3.8) is 0 Å². The van der Waals surface area contributed by atoms with E-state index in [0.717, 1.165) is 6.07 Å². The number of fused-ring (bicyclic) bond motifs is 3. The molecule has 0 amide bonds. The normalized spacial score (nSPS) is 23.4. The molecule has 2 aliphatic rings. The third kappa shape index (κ3) is 4.05. The van der Waals surface area contributed by atoms with Gasteiger partial charge in [0.15, 0.2) is 29.1 Å². The van der Waals surface area contributed by atoms with Crippen molar-refractivity contribution in [3.8, 4) is 46.0 Å². The molecule has 0 bridgehead atoms. The largest absolute Gasteiger partial charge is 0.508 e. The maximum Gasteiger partial charge on any atom is 0.164 e. The summed E-state index contributed by atoms with van der Waals surface area (Å²) in [6, 6.07) is 15.7. The molecule has 0 aromatic heterocycles. The number of rotatable bonds is 3. The molecule has 40 heavy (non-hydrogen) atoms. The lowest BCUT2D eigenvalue weighted by atomic mass is 9.77. The lowest BCUT2D eigenvalue weighted by Crippen LogP contribution is -2.37. The van der Waals surface area contributed by atoms with E-state index in [4.69, 9.17) is 9.47 Å². The zero-order chi connectivity index (χ0) is 28.3. The summed E-state index contributed by atoms with van der Waals surface area (Å²) in [5.41, 5.74) is 1.72. The monoisotopic (exact) mass is 546 g/mol. The summed E-state index contributed by atoms with van der Waals surface area (Å²) in [5.74, 6) is -2.51. The van der Waals surface area contributed by atoms with Crippen LogP contribution in [0, 0.1) is 0 Å². The van der Waals surface area contributed by atoms with E-state index in [1.54, 1.807) is 12.1 Å². The van der Waals surface area contributed by atoms with Crippen molar-refractivity contribution in [1.29, 1.82) is 0 Å². The van der Waals surface area contributed by atoms with Gasteiger partial charge < -0.3 is 50.3 Å². The molecule has 0 aliphatic carbocycles. The Hall–Kier alpha value is -4.80. The molecule has 4 aromatic carbocycles. The minimum absolute atomic E-state index is 0.118. The molecule has 0 saturated carbocycles. The second-order valence-corrected chi connectivity index (χ2v) is 9.99. The molecule has 4 aromatic rings. The fourth-order valence-electron chi connectivity index (χ4n) is 5.58. The number of benzene rings is 4. The van der Waals surface area contributed by atoms with Gasteiger partial charge >= 0.3 is 0 Å². The van der Waals surface area contributed by atoms with Crippen LogP contribution in [0.3, 0.4) is 0 Å². The van der Waals surface area contributed by atoms with E-state index in [2.05, 4.69) is 0 Å². The van der Waals surface area contributed by atoms with Crippen molar-refractivity contribution in [2.45, 2.75) is 36.8 Å². The first-order valence-corrected chi connectivity index (χ1v) is 12.5. The quantitative estimate of drug-likeness (QED) is 0.177. The molecular formula is C30H26O10. The van der Waals surface area contributed by atoms with Gasteiger partial charge in [-0.25, -0.2) is 0 Å². The van der Waals surface area contributed by atoms with E-state index in [-0.39, 0.29) is 52.0 Å². The van der Waals surface area contributed by atoms with E-state index in [0.29, 0.717) is 16.7 Å². The lowest BCUT2D eigenvalue weighted by Gasteiger charge is -2.41. The fraction of sp³-hybridized carbons (Fsp3) is 0.200. The van der Waals surface area contributed by atoms with Crippen molar-refractivity contribution >= 4 is 0 Å². The number of phenolic OH excluding ortho intramolecular Hbond substituents is 6. The first-order valence-electron chi connectivity index (χ1n) is 12.5. The Morgan fingerprint density at radius 1 is 0.650 bits per heavy atom. The Labute approximate surface area is 227 Å². The maximum absolute atomic E-state index is 11.7. The molecule has 0 spiro atoms. The number of aliphatic hydroxyl groups excluding tert-OH is 2. The number of hydrogen-bond donors (Lipinski definition) is 8. The van der Waals surface area contributed by atoms with Gasteiger partial charge in [-0.15, -0.1) is 0 Å². The van der Waals surface area contributed by atoms with Crippen LogP contribution in [0.4, 0.5) is 0 Å². The highest BCUT2D eigenvalue weighted by Crippen LogP contribution is 2.55. The highest BCUT2D eigenvalue weighted by atomic mass is 16.5. The second-order valence-electron chi connectivity index (χ2n) is 9.99. The second kappa shape index (κ2) is 9.44. The molecule has 10 nitrogen and oxygen atoms in total. The molecule has 2 heterocycles. The molecule has 6 rings (SSSR count). The average molecular weight is 547 g/mol. The van der Waals surface area contributed by atoms with Crippen molar-refractivity contribution in [1.82, 2.24) is 0 Å². The highest BCUT2D eigenvalue weighted by molar-refractivity contribution is 5.61. The van der Waals surface area contributed by atoms with Gasteiger partial charge in [-0.05, 0) is 41.5 Å². The first kappa shape index (κ1) is 25.5. The van der Waals surface area contributed by atoms with Crippen LogP contribution in [0.5, 0.6) is 46.0 Å². The smallest absolute Gasteiger partial charge is 0.164 e. The molecule has 0 saturated heterocycles. The summed E-state index contributed by atoms with van der Waals surface area (Å²) in [4.78, 5) is 0. The fourth-order valence-corrected chi connectivity index (χ4v) is 5.58. The topological polar surface area (TPSA) is 180 Å². The van der Waals surface area contributed by atoms with E-state index >= 15 is 0 Å². The average Bonchev–Trinajstić information content (AvgIpc) is 2.92. The Bertz CT molecular complexity index is 1620. The highest BCUT2D eigenvalue weighted by Gasteiger charge is 2.45. The Balaban J connectivity index is 1.53. The van der Waals surface area contributed by atoms with Crippen LogP contribution >= 0.6 is 0 Å². The van der Waals surface area contributed by atoms with Gasteiger partial charge in [-0.1, -0.05) is 30.3 Å². The SMILES string of the molecule is Oc1ccc([C@H]2c3c(ccc4c3O[C@@H](c3ccc(O)c(O)c3)[C@@H](O)C4)O[C@H](c3cccc(O)c3O)[C@H]2O)c(O)c1. The summed E-state index contributed by atoms with van der Waals surface area (Å²) in [6.45, 7) is 0. The zero-order valence-electron chi connectivity index (χ0n) is 20.8. The lowest BCUT2D eigenvalue weighted by molar-refractivity contribution is -0.00260. The Morgan fingerprint density at radius 2 is 1.45 bits per heavy atom. The molecule has 10 heteroatoms. The minimum atomic E-state index is -1.42. The van der Waals surface area contributed by atoms with Gasteiger partial charge in [0.05, 0.1) is 6.10 Å². The minimum Gasteiger partial charge on any atom is -0.508 e. The predicted octanol–water partition coefficient (Wildman–Crippen LogP) is 3.58. The van der Waals surface area contributed by atoms with Crippen molar-refractivity contribution in [3.05, 3.63) is 94.5 Å². The van der Waals surface area contributed by atoms with Crippen LogP contribution in [0.2, 0.25) is 0 Å². The molecule has 0 unspecified atom stereocenters. The van der Waals surface area contributed by atoms with E-state index in [1.165, 1.54) is 48.5 Å². The number of hydrogen-bond acceptors (Lipinski definition) is 10. The third-order valence-corrected chi connectivity index (χ3v) is 7.51. The predicted molar refractivity (Wildman–Crippen MR) is 140 cm³/mol. The molecule has 2 aliphatic heterocycles. The van der Waals surface area contributed by atoms with Crippen molar-refractivity contribution in [2.75, 3.05) is 0 Å². The molecule has 8 N–H and O–H groups in total. The standard InChI is InChI=1S/C30H26O10/c31-15-6-7-16(20(34)12-15)24-25-23(39-30(27(24)38)17-2-1-3-19(33)26(17)37)9-5-14-11-22(36)28(40-29(14)25)13-4-8-18(32)21(35)10-13/h1-10,12,22,24,27-28,30-38H,11H2/t22-,24-,27-,28-,30+/m0/s1. The van der Waals surface area contributed by atoms with Crippen LogP contribution in [0.15, 0.2) is 66.7 Å². The molecular weight excluding hydrogens is 520 g/mol. The summed E-state index contributed by atoms with van der Waals surface area (Å²) >= 11 is 0. The Morgan fingerprint density at radius 3 is 2.20 bits per heavy atom. The molecule has 0 radical (unpaired) electrons.